The minimum atomic E-state index is -0.647. The first-order chi connectivity index (χ1) is 7.16. The monoisotopic (exact) mass is 231 g/mol. The minimum Gasteiger partial charge on any atom is -0.480 e. The number of nitrogens with zero attached hydrogens (tertiary/aromatic N) is 1. The van der Waals surface area contributed by atoms with E-state index in [1.807, 2.05) is 11.8 Å². The Balaban J connectivity index is 2.47. The SMILES string of the molecule is CSCCCN1CCCC(C)C1C(=O)O. The van der Waals surface area contributed by atoms with Crippen LogP contribution in [-0.4, -0.2) is 47.1 Å². The molecule has 1 heterocycles. The van der Waals surface area contributed by atoms with Crippen LogP contribution in [0.15, 0.2) is 0 Å². The van der Waals surface area contributed by atoms with Crippen molar-refractivity contribution in [2.45, 2.75) is 32.2 Å². The topological polar surface area (TPSA) is 40.5 Å². The van der Waals surface area contributed by atoms with Crippen molar-refractivity contribution in [3.63, 3.8) is 0 Å². The van der Waals surface area contributed by atoms with Crippen LogP contribution >= 0.6 is 11.8 Å². The van der Waals surface area contributed by atoms with Gasteiger partial charge in [0.05, 0.1) is 0 Å². The van der Waals surface area contributed by atoms with Crippen LogP contribution < -0.4 is 0 Å². The maximum atomic E-state index is 11.2. The summed E-state index contributed by atoms with van der Waals surface area (Å²) in [5.41, 5.74) is 0. The van der Waals surface area contributed by atoms with Crippen molar-refractivity contribution in [1.82, 2.24) is 4.90 Å². The molecule has 3 nitrogen and oxygen atoms in total. The zero-order valence-corrected chi connectivity index (χ0v) is 10.4. The predicted molar refractivity (Wildman–Crippen MR) is 64.4 cm³/mol. The fourth-order valence-electron chi connectivity index (χ4n) is 2.34. The zero-order valence-electron chi connectivity index (χ0n) is 9.61. The molecule has 0 aromatic carbocycles. The van der Waals surface area contributed by atoms with Gasteiger partial charge in [0.1, 0.15) is 6.04 Å². The van der Waals surface area contributed by atoms with Gasteiger partial charge in [-0.1, -0.05) is 6.92 Å². The molecule has 2 unspecified atom stereocenters. The number of aliphatic carboxylic acids is 1. The first kappa shape index (κ1) is 12.8. The van der Waals surface area contributed by atoms with E-state index < -0.39 is 5.97 Å². The first-order valence-corrected chi connectivity index (χ1v) is 7.02. The van der Waals surface area contributed by atoms with E-state index in [4.69, 9.17) is 0 Å². The molecule has 88 valence electrons. The second-order valence-corrected chi connectivity index (χ2v) is 5.27. The largest absolute Gasteiger partial charge is 0.480 e. The molecule has 1 N–H and O–H groups in total. The summed E-state index contributed by atoms with van der Waals surface area (Å²) in [5.74, 6) is 0.772. The van der Waals surface area contributed by atoms with E-state index in [1.54, 1.807) is 0 Å². The Bertz CT molecular complexity index is 211. The summed E-state index contributed by atoms with van der Waals surface area (Å²) in [7, 11) is 0. The molecule has 1 saturated heterocycles. The molecule has 0 aromatic heterocycles. The molecule has 1 fully saturated rings. The predicted octanol–water partition coefficient (Wildman–Crippen LogP) is 1.92. The van der Waals surface area contributed by atoms with Gasteiger partial charge in [-0.2, -0.15) is 11.8 Å². The van der Waals surface area contributed by atoms with Crippen LogP contribution in [0, 0.1) is 5.92 Å². The van der Waals surface area contributed by atoms with Crippen molar-refractivity contribution in [3.8, 4) is 0 Å². The number of hydrogen-bond acceptors (Lipinski definition) is 3. The molecule has 0 bridgehead atoms. The van der Waals surface area contributed by atoms with Crippen LogP contribution in [0.4, 0.5) is 0 Å². The summed E-state index contributed by atoms with van der Waals surface area (Å²) in [6.07, 6.45) is 5.38. The maximum Gasteiger partial charge on any atom is 0.321 e. The molecular formula is C11H21NO2S. The van der Waals surface area contributed by atoms with Crippen molar-refractivity contribution in [1.29, 1.82) is 0 Å². The van der Waals surface area contributed by atoms with Crippen LogP contribution in [0.3, 0.4) is 0 Å². The second-order valence-electron chi connectivity index (χ2n) is 4.28. The smallest absolute Gasteiger partial charge is 0.321 e. The highest BCUT2D eigenvalue weighted by Gasteiger charge is 2.33. The molecule has 1 rings (SSSR count). The molecule has 0 aromatic rings. The van der Waals surface area contributed by atoms with E-state index in [2.05, 4.69) is 18.1 Å². The highest BCUT2D eigenvalue weighted by Crippen LogP contribution is 2.23. The Morgan fingerprint density at radius 1 is 1.60 bits per heavy atom. The van der Waals surface area contributed by atoms with E-state index in [1.165, 1.54) is 0 Å². The maximum absolute atomic E-state index is 11.2. The standard InChI is InChI=1S/C11H21NO2S/c1-9-5-3-6-12(7-4-8-15-2)10(9)11(13)14/h9-10H,3-8H2,1-2H3,(H,13,14). The zero-order chi connectivity index (χ0) is 11.3. The van der Waals surface area contributed by atoms with Gasteiger partial charge >= 0.3 is 5.97 Å². The van der Waals surface area contributed by atoms with Gasteiger partial charge in [0, 0.05) is 0 Å². The molecule has 0 radical (unpaired) electrons. The number of piperidine rings is 1. The van der Waals surface area contributed by atoms with E-state index in [0.717, 1.165) is 38.1 Å². The number of carboxylic acid groups (broad SMARTS) is 1. The molecule has 15 heavy (non-hydrogen) atoms. The van der Waals surface area contributed by atoms with Crippen LogP contribution in [0.25, 0.3) is 0 Å². The van der Waals surface area contributed by atoms with Gasteiger partial charge in [-0.05, 0) is 50.3 Å². The Morgan fingerprint density at radius 2 is 2.33 bits per heavy atom. The van der Waals surface area contributed by atoms with Crippen molar-refractivity contribution >= 4 is 17.7 Å². The summed E-state index contributed by atoms with van der Waals surface area (Å²) < 4.78 is 0. The third-order valence-corrected chi connectivity index (χ3v) is 3.78. The van der Waals surface area contributed by atoms with Crippen LogP contribution in [0.5, 0.6) is 0 Å². The summed E-state index contributed by atoms with van der Waals surface area (Å²) in [6.45, 7) is 3.94. The number of rotatable bonds is 5. The highest BCUT2D eigenvalue weighted by molar-refractivity contribution is 7.98. The van der Waals surface area contributed by atoms with E-state index in [-0.39, 0.29) is 6.04 Å². The Kier molecular flexibility index (Phi) is 5.47. The number of carboxylic acids is 1. The quantitative estimate of drug-likeness (QED) is 0.734. The molecule has 0 aliphatic carbocycles. The second kappa shape index (κ2) is 6.38. The van der Waals surface area contributed by atoms with Crippen LogP contribution in [0.2, 0.25) is 0 Å². The molecule has 0 spiro atoms. The van der Waals surface area contributed by atoms with Crippen molar-refractivity contribution in [3.05, 3.63) is 0 Å². The Labute approximate surface area is 96.2 Å². The van der Waals surface area contributed by atoms with Gasteiger partial charge in [0.15, 0.2) is 0 Å². The molecule has 2 atom stereocenters. The molecule has 1 aliphatic rings. The summed E-state index contributed by atoms with van der Waals surface area (Å²) in [5, 5.41) is 9.19. The number of thioether (sulfide) groups is 1. The van der Waals surface area contributed by atoms with Gasteiger partial charge < -0.3 is 5.11 Å². The first-order valence-electron chi connectivity index (χ1n) is 5.62. The van der Waals surface area contributed by atoms with Gasteiger partial charge in [0.2, 0.25) is 0 Å². The van der Waals surface area contributed by atoms with Gasteiger partial charge in [0.25, 0.3) is 0 Å². The van der Waals surface area contributed by atoms with Gasteiger partial charge in [-0.3, -0.25) is 9.69 Å². The summed E-state index contributed by atoms with van der Waals surface area (Å²) in [4.78, 5) is 13.3. The van der Waals surface area contributed by atoms with Crippen LogP contribution in [0.1, 0.15) is 26.2 Å². The van der Waals surface area contributed by atoms with Crippen molar-refractivity contribution in [2.24, 2.45) is 5.92 Å². The third kappa shape index (κ3) is 3.68. The lowest BCUT2D eigenvalue weighted by atomic mass is 9.91. The molecular weight excluding hydrogens is 210 g/mol. The molecule has 0 saturated carbocycles. The average molecular weight is 231 g/mol. The van der Waals surface area contributed by atoms with Crippen molar-refractivity contribution in [2.75, 3.05) is 25.1 Å². The number of carbonyl (C=O) groups is 1. The minimum absolute atomic E-state index is 0.249. The number of likely N-dealkylation sites (tertiary alicyclic amines) is 1. The fraction of sp³-hybridized carbons (Fsp3) is 0.909. The lowest BCUT2D eigenvalue weighted by Gasteiger charge is -2.37. The third-order valence-electron chi connectivity index (χ3n) is 3.08. The fourth-order valence-corrected chi connectivity index (χ4v) is 2.75. The number of hydrogen-bond donors (Lipinski definition) is 1. The molecule has 1 aliphatic heterocycles. The van der Waals surface area contributed by atoms with Gasteiger partial charge in [-0.15, -0.1) is 0 Å². The average Bonchev–Trinajstić information content (AvgIpc) is 2.17. The summed E-state index contributed by atoms with van der Waals surface area (Å²) >= 11 is 1.83. The van der Waals surface area contributed by atoms with E-state index >= 15 is 0 Å². The van der Waals surface area contributed by atoms with E-state index in [0.29, 0.717) is 5.92 Å². The lowest BCUT2D eigenvalue weighted by Crippen LogP contribution is -2.49. The van der Waals surface area contributed by atoms with Gasteiger partial charge in [-0.25, -0.2) is 0 Å². The Morgan fingerprint density at radius 3 is 2.93 bits per heavy atom. The summed E-state index contributed by atoms with van der Waals surface area (Å²) in [6, 6.07) is -0.249. The Hall–Kier alpha value is -0.220. The highest BCUT2D eigenvalue weighted by atomic mass is 32.2. The van der Waals surface area contributed by atoms with E-state index in [9.17, 15) is 9.90 Å². The normalized spacial score (nSPS) is 27.9. The van der Waals surface area contributed by atoms with Crippen molar-refractivity contribution < 1.29 is 9.90 Å². The lowest BCUT2D eigenvalue weighted by molar-refractivity contribution is -0.146. The molecule has 0 amide bonds. The van der Waals surface area contributed by atoms with Crippen LogP contribution in [-0.2, 0) is 4.79 Å². The molecule has 4 heteroatoms.